The SMILES string of the molecule is CC(O)C(O)Oc1ccc(Cl)cc1. The van der Waals surface area contributed by atoms with Gasteiger partial charge in [0.05, 0.1) is 0 Å². The first-order valence-electron chi connectivity index (χ1n) is 3.88. The molecule has 0 aliphatic rings. The number of halogens is 1. The first kappa shape index (κ1) is 10.3. The van der Waals surface area contributed by atoms with Crippen LogP contribution in [-0.4, -0.2) is 22.6 Å². The molecule has 1 rings (SSSR count). The smallest absolute Gasteiger partial charge is 0.223 e. The molecule has 0 heterocycles. The van der Waals surface area contributed by atoms with Crippen LogP contribution in [0.25, 0.3) is 0 Å². The molecule has 2 atom stereocenters. The Morgan fingerprint density at radius 1 is 1.23 bits per heavy atom. The fourth-order valence-electron chi connectivity index (χ4n) is 0.751. The van der Waals surface area contributed by atoms with Crippen LogP contribution in [0.15, 0.2) is 24.3 Å². The summed E-state index contributed by atoms with van der Waals surface area (Å²) < 4.78 is 4.98. The minimum atomic E-state index is -1.21. The minimum absolute atomic E-state index is 0.470. The van der Waals surface area contributed by atoms with Gasteiger partial charge in [0.1, 0.15) is 11.9 Å². The number of hydrogen-bond acceptors (Lipinski definition) is 3. The lowest BCUT2D eigenvalue weighted by molar-refractivity contribution is -0.0958. The second kappa shape index (κ2) is 4.46. The number of benzene rings is 1. The van der Waals surface area contributed by atoms with Gasteiger partial charge in [0.15, 0.2) is 0 Å². The van der Waals surface area contributed by atoms with Gasteiger partial charge in [0.25, 0.3) is 0 Å². The molecule has 0 aliphatic carbocycles. The number of aliphatic hydroxyl groups excluding tert-OH is 2. The second-order valence-corrected chi connectivity index (χ2v) is 3.14. The van der Waals surface area contributed by atoms with Gasteiger partial charge in [-0.05, 0) is 31.2 Å². The fourth-order valence-corrected chi connectivity index (χ4v) is 0.877. The Balaban J connectivity index is 2.59. The molecular weight excluding hydrogens is 192 g/mol. The maximum Gasteiger partial charge on any atom is 0.223 e. The summed E-state index contributed by atoms with van der Waals surface area (Å²) in [7, 11) is 0. The highest BCUT2D eigenvalue weighted by molar-refractivity contribution is 6.30. The number of hydrogen-bond donors (Lipinski definition) is 2. The van der Waals surface area contributed by atoms with Crippen LogP contribution >= 0.6 is 11.6 Å². The van der Waals surface area contributed by atoms with Gasteiger partial charge in [-0.3, -0.25) is 0 Å². The molecule has 0 aromatic heterocycles. The van der Waals surface area contributed by atoms with Gasteiger partial charge >= 0.3 is 0 Å². The van der Waals surface area contributed by atoms with Crippen LogP contribution < -0.4 is 4.74 Å². The predicted octanol–water partition coefficient (Wildman–Crippen LogP) is 1.42. The van der Waals surface area contributed by atoms with E-state index < -0.39 is 12.4 Å². The molecular formula is C9H11ClO3. The molecule has 72 valence electrons. The summed E-state index contributed by atoms with van der Waals surface area (Å²) in [6.45, 7) is 1.45. The average molecular weight is 203 g/mol. The number of ether oxygens (including phenoxy) is 1. The van der Waals surface area contributed by atoms with E-state index in [1.54, 1.807) is 24.3 Å². The van der Waals surface area contributed by atoms with Crippen molar-refractivity contribution in [2.75, 3.05) is 0 Å². The largest absolute Gasteiger partial charge is 0.462 e. The van der Waals surface area contributed by atoms with Crippen LogP contribution in [0.2, 0.25) is 5.02 Å². The quantitative estimate of drug-likeness (QED) is 0.729. The molecule has 0 saturated heterocycles. The van der Waals surface area contributed by atoms with Crippen LogP contribution in [-0.2, 0) is 0 Å². The molecule has 13 heavy (non-hydrogen) atoms. The van der Waals surface area contributed by atoms with Gasteiger partial charge in [0, 0.05) is 5.02 Å². The van der Waals surface area contributed by atoms with E-state index in [4.69, 9.17) is 26.6 Å². The summed E-state index contributed by atoms with van der Waals surface area (Å²) in [6.07, 6.45) is -2.13. The maximum absolute atomic E-state index is 9.14. The molecule has 3 nitrogen and oxygen atoms in total. The van der Waals surface area contributed by atoms with Crippen LogP contribution in [0.5, 0.6) is 5.75 Å². The maximum atomic E-state index is 9.14. The van der Waals surface area contributed by atoms with Crippen LogP contribution in [0.1, 0.15) is 6.92 Å². The fraction of sp³-hybridized carbons (Fsp3) is 0.333. The van der Waals surface area contributed by atoms with Crippen molar-refractivity contribution in [3.8, 4) is 5.75 Å². The standard InChI is InChI=1S/C9H11ClO3/c1-6(11)9(12)13-8-4-2-7(10)3-5-8/h2-6,9,11-12H,1H3. The monoisotopic (exact) mass is 202 g/mol. The molecule has 0 fully saturated rings. The molecule has 0 saturated carbocycles. The molecule has 2 N–H and O–H groups in total. The van der Waals surface area contributed by atoms with E-state index in [1.165, 1.54) is 6.92 Å². The highest BCUT2D eigenvalue weighted by Crippen LogP contribution is 2.16. The first-order chi connectivity index (χ1) is 6.09. The Labute approximate surface area is 81.5 Å². The molecule has 1 aromatic rings. The summed E-state index contributed by atoms with van der Waals surface area (Å²) in [5, 5.41) is 18.7. The highest BCUT2D eigenvalue weighted by Gasteiger charge is 2.11. The minimum Gasteiger partial charge on any atom is -0.462 e. The van der Waals surface area contributed by atoms with E-state index in [2.05, 4.69) is 0 Å². The third-order valence-electron chi connectivity index (χ3n) is 1.48. The van der Waals surface area contributed by atoms with E-state index in [-0.39, 0.29) is 0 Å². The Morgan fingerprint density at radius 2 is 1.77 bits per heavy atom. The van der Waals surface area contributed by atoms with Gasteiger partial charge in [-0.15, -0.1) is 0 Å². The van der Waals surface area contributed by atoms with Gasteiger partial charge in [0.2, 0.25) is 6.29 Å². The predicted molar refractivity (Wildman–Crippen MR) is 49.8 cm³/mol. The lowest BCUT2D eigenvalue weighted by Crippen LogP contribution is -2.28. The summed E-state index contributed by atoms with van der Waals surface area (Å²) in [5.74, 6) is 0.470. The van der Waals surface area contributed by atoms with Crippen LogP contribution in [0.3, 0.4) is 0 Å². The van der Waals surface area contributed by atoms with Gasteiger partial charge in [-0.1, -0.05) is 11.6 Å². The Kier molecular flexibility index (Phi) is 3.54. The highest BCUT2D eigenvalue weighted by atomic mass is 35.5. The zero-order chi connectivity index (χ0) is 9.84. The van der Waals surface area contributed by atoms with E-state index in [0.29, 0.717) is 10.8 Å². The number of rotatable bonds is 3. The van der Waals surface area contributed by atoms with Crippen molar-refractivity contribution in [3.63, 3.8) is 0 Å². The van der Waals surface area contributed by atoms with E-state index in [1.807, 2.05) is 0 Å². The van der Waals surface area contributed by atoms with E-state index >= 15 is 0 Å². The van der Waals surface area contributed by atoms with Crippen molar-refractivity contribution in [1.29, 1.82) is 0 Å². The lowest BCUT2D eigenvalue weighted by Gasteiger charge is -2.15. The third-order valence-corrected chi connectivity index (χ3v) is 1.74. The summed E-state index contributed by atoms with van der Waals surface area (Å²) in [5.41, 5.74) is 0. The zero-order valence-electron chi connectivity index (χ0n) is 7.14. The van der Waals surface area contributed by atoms with Gasteiger partial charge < -0.3 is 14.9 Å². The first-order valence-corrected chi connectivity index (χ1v) is 4.26. The van der Waals surface area contributed by atoms with Crippen molar-refractivity contribution in [3.05, 3.63) is 29.3 Å². The van der Waals surface area contributed by atoms with Crippen molar-refractivity contribution in [2.45, 2.75) is 19.3 Å². The number of aliphatic hydroxyl groups is 2. The Bertz CT molecular complexity index is 258. The van der Waals surface area contributed by atoms with Crippen molar-refractivity contribution >= 4 is 11.6 Å². The van der Waals surface area contributed by atoms with Crippen LogP contribution in [0, 0.1) is 0 Å². The molecule has 0 radical (unpaired) electrons. The molecule has 1 aromatic carbocycles. The van der Waals surface area contributed by atoms with Crippen molar-refractivity contribution < 1.29 is 14.9 Å². The van der Waals surface area contributed by atoms with E-state index in [0.717, 1.165) is 0 Å². The van der Waals surface area contributed by atoms with Crippen molar-refractivity contribution in [2.24, 2.45) is 0 Å². The molecule has 4 heteroatoms. The normalized spacial score (nSPS) is 15.1. The van der Waals surface area contributed by atoms with E-state index in [9.17, 15) is 0 Å². The van der Waals surface area contributed by atoms with Gasteiger partial charge in [-0.25, -0.2) is 0 Å². The molecule has 0 amide bonds. The average Bonchev–Trinajstić information content (AvgIpc) is 2.08. The molecule has 2 unspecified atom stereocenters. The molecule has 0 bridgehead atoms. The molecule has 0 spiro atoms. The Morgan fingerprint density at radius 3 is 2.23 bits per heavy atom. The van der Waals surface area contributed by atoms with Crippen LogP contribution in [0.4, 0.5) is 0 Å². The zero-order valence-corrected chi connectivity index (χ0v) is 7.90. The summed E-state index contributed by atoms with van der Waals surface area (Å²) >= 11 is 5.64. The van der Waals surface area contributed by atoms with Crippen molar-refractivity contribution in [1.82, 2.24) is 0 Å². The lowest BCUT2D eigenvalue weighted by atomic mass is 10.3. The van der Waals surface area contributed by atoms with Gasteiger partial charge in [-0.2, -0.15) is 0 Å². The summed E-state index contributed by atoms with van der Waals surface area (Å²) in [4.78, 5) is 0. The Hall–Kier alpha value is -0.770. The topological polar surface area (TPSA) is 49.7 Å². The second-order valence-electron chi connectivity index (χ2n) is 2.70. The summed E-state index contributed by atoms with van der Waals surface area (Å²) in [6, 6.07) is 6.53. The third kappa shape index (κ3) is 3.22. The molecule has 0 aliphatic heterocycles.